The van der Waals surface area contributed by atoms with E-state index in [1.165, 1.54) is 6.07 Å². The number of aryl methyl sites for hydroxylation is 1. The topological polar surface area (TPSA) is 62.2 Å². The summed E-state index contributed by atoms with van der Waals surface area (Å²) in [6.07, 6.45) is -4.53. The number of thiophene rings is 1. The van der Waals surface area contributed by atoms with Crippen LogP contribution in [0, 0.1) is 6.92 Å². The van der Waals surface area contributed by atoms with E-state index in [9.17, 15) is 23.1 Å². The van der Waals surface area contributed by atoms with E-state index >= 15 is 0 Å². The fourth-order valence-electron chi connectivity index (χ4n) is 2.61. The van der Waals surface area contributed by atoms with Crippen molar-refractivity contribution in [3.63, 3.8) is 0 Å². The van der Waals surface area contributed by atoms with Gasteiger partial charge in [-0.1, -0.05) is 24.3 Å². The SMILES string of the molecule is Cc1c(C(=O)NCc2ccccc2CO)sc2nc(C(F)(F)F)ccc12. The Bertz CT molecular complexity index is 967. The highest BCUT2D eigenvalue weighted by Crippen LogP contribution is 2.34. The van der Waals surface area contributed by atoms with Gasteiger partial charge in [-0.05, 0) is 35.7 Å². The normalized spacial score (nSPS) is 11.7. The number of hydrogen-bond donors (Lipinski definition) is 2. The number of carbonyl (C=O) groups excluding carboxylic acids is 1. The summed E-state index contributed by atoms with van der Waals surface area (Å²) < 4.78 is 38.4. The summed E-state index contributed by atoms with van der Waals surface area (Å²) in [4.78, 5) is 16.6. The molecule has 4 nitrogen and oxygen atoms in total. The predicted molar refractivity (Wildman–Crippen MR) is 92.9 cm³/mol. The number of nitrogens with zero attached hydrogens (tertiary/aromatic N) is 1. The summed E-state index contributed by atoms with van der Waals surface area (Å²) in [5.74, 6) is -0.383. The summed E-state index contributed by atoms with van der Waals surface area (Å²) in [7, 11) is 0. The third-order valence-electron chi connectivity index (χ3n) is 4.03. The molecule has 2 N–H and O–H groups in total. The van der Waals surface area contributed by atoms with Crippen molar-refractivity contribution in [2.75, 3.05) is 0 Å². The maximum Gasteiger partial charge on any atom is 0.433 e. The van der Waals surface area contributed by atoms with E-state index in [0.717, 1.165) is 23.0 Å². The number of aliphatic hydroxyl groups excluding tert-OH is 1. The molecule has 3 rings (SSSR count). The second-order valence-corrected chi connectivity index (χ2v) is 6.71. The van der Waals surface area contributed by atoms with Crippen molar-refractivity contribution in [3.05, 3.63) is 63.7 Å². The van der Waals surface area contributed by atoms with Gasteiger partial charge in [0.25, 0.3) is 5.91 Å². The number of rotatable bonds is 4. The van der Waals surface area contributed by atoms with Crippen LogP contribution in [0.1, 0.15) is 32.1 Å². The highest BCUT2D eigenvalue weighted by Gasteiger charge is 2.33. The van der Waals surface area contributed by atoms with Gasteiger partial charge in [-0.15, -0.1) is 11.3 Å². The molecule has 0 saturated heterocycles. The molecule has 0 aliphatic carbocycles. The minimum Gasteiger partial charge on any atom is -0.392 e. The summed E-state index contributed by atoms with van der Waals surface area (Å²) in [6.45, 7) is 1.76. The fourth-order valence-corrected chi connectivity index (χ4v) is 3.71. The Morgan fingerprint density at radius 1 is 1.19 bits per heavy atom. The van der Waals surface area contributed by atoms with E-state index < -0.39 is 11.9 Å². The number of halogens is 3. The molecular weight excluding hydrogens is 365 g/mol. The molecule has 2 aromatic heterocycles. The summed E-state index contributed by atoms with van der Waals surface area (Å²) in [6, 6.07) is 9.40. The third kappa shape index (κ3) is 3.56. The minimum atomic E-state index is -4.53. The zero-order chi connectivity index (χ0) is 18.9. The van der Waals surface area contributed by atoms with Crippen LogP contribution in [0.25, 0.3) is 10.2 Å². The van der Waals surface area contributed by atoms with Crippen LogP contribution in [-0.2, 0) is 19.3 Å². The van der Waals surface area contributed by atoms with Gasteiger partial charge in [-0.25, -0.2) is 4.98 Å². The molecule has 0 atom stereocenters. The standard InChI is InChI=1S/C18H15F3N2O2S/c1-10-13-6-7-14(18(19,20)21)23-17(13)26-15(10)16(25)22-8-11-4-2-3-5-12(11)9-24/h2-7,24H,8-9H2,1H3,(H,22,25). The van der Waals surface area contributed by atoms with Gasteiger partial charge in [-0.3, -0.25) is 4.79 Å². The summed E-state index contributed by atoms with van der Waals surface area (Å²) >= 11 is 0.935. The number of pyridine rings is 1. The lowest BCUT2D eigenvalue weighted by Gasteiger charge is -2.08. The number of amides is 1. The number of fused-ring (bicyclic) bond motifs is 1. The van der Waals surface area contributed by atoms with Crippen molar-refractivity contribution in [3.8, 4) is 0 Å². The maximum atomic E-state index is 12.8. The number of alkyl halides is 3. The van der Waals surface area contributed by atoms with Crippen LogP contribution < -0.4 is 5.32 Å². The van der Waals surface area contributed by atoms with Gasteiger partial charge in [0, 0.05) is 11.9 Å². The van der Waals surface area contributed by atoms with Crippen LogP contribution in [0.2, 0.25) is 0 Å². The van der Waals surface area contributed by atoms with Gasteiger partial charge in [0.2, 0.25) is 0 Å². The van der Waals surface area contributed by atoms with Crippen molar-refractivity contribution in [1.82, 2.24) is 10.3 Å². The van der Waals surface area contributed by atoms with Gasteiger partial charge in [0.1, 0.15) is 10.5 Å². The molecule has 0 spiro atoms. The number of aliphatic hydroxyl groups is 1. The first-order valence-corrected chi connectivity index (χ1v) is 8.56. The van der Waals surface area contributed by atoms with Crippen molar-refractivity contribution >= 4 is 27.5 Å². The maximum absolute atomic E-state index is 12.8. The van der Waals surface area contributed by atoms with Gasteiger partial charge in [0.15, 0.2) is 0 Å². The van der Waals surface area contributed by atoms with Gasteiger partial charge < -0.3 is 10.4 Å². The Labute approximate surface area is 151 Å². The van der Waals surface area contributed by atoms with Gasteiger partial charge in [-0.2, -0.15) is 13.2 Å². The average molecular weight is 380 g/mol. The molecule has 3 aromatic rings. The first-order valence-electron chi connectivity index (χ1n) is 7.74. The number of carbonyl (C=O) groups is 1. The second-order valence-electron chi connectivity index (χ2n) is 5.71. The van der Waals surface area contributed by atoms with Gasteiger partial charge in [0.05, 0.1) is 11.5 Å². The first kappa shape index (κ1) is 18.3. The first-order chi connectivity index (χ1) is 12.3. The van der Waals surface area contributed by atoms with Crippen LogP contribution in [0.4, 0.5) is 13.2 Å². The van der Waals surface area contributed by atoms with E-state index in [1.54, 1.807) is 31.2 Å². The predicted octanol–water partition coefficient (Wildman–Crippen LogP) is 4.05. The third-order valence-corrected chi connectivity index (χ3v) is 5.23. The summed E-state index contributed by atoms with van der Waals surface area (Å²) in [5, 5.41) is 12.6. The molecule has 0 fully saturated rings. The van der Waals surface area contributed by atoms with Crippen LogP contribution in [0.3, 0.4) is 0 Å². The van der Waals surface area contributed by atoms with E-state index in [-0.39, 0.29) is 23.9 Å². The lowest BCUT2D eigenvalue weighted by Crippen LogP contribution is -2.23. The van der Waals surface area contributed by atoms with E-state index in [2.05, 4.69) is 10.3 Å². The molecule has 0 aliphatic heterocycles. The Morgan fingerprint density at radius 2 is 1.88 bits per heavy atom. The molecule has 0 unspecified atom stereocenters. The second kappa shape index (κ2) is 7.05. The Morgan fingerprint density at radius 3 is 2.54 bits per heavy atom. The monoisotopic (exact) mass is 380 g/mol. The van der Waals surface area contributed by atoms with Crippen LogP contribution >= 0.6 is 11.3 Å². The zero-order valence-electron chi connectivity index (χ0n) is 13.7. The lowest BCUT2D eigenvalue weighted by molar-refractivity contribution is -0.140. The molecule has 136 valence electrons. The molecule has 0 aliphatic rings. The fraction of sp³-hybridized carbons (Fsp3) is 0.222. The molecule has 8 heteroatoms. The summed E-state index contributed by atoms with van der Waals surface area (Å²) in [5.41, 5.74) is 1.10. The van der Waals surface area contributed by atoms with Crippen molar-refractivity contribution in [1.29, 1.82) is 0 Å². The average Bonchev–Trinajstić information content (AvgIpc) is 2.95. The Kier molecular flexibility index (Phi) is 4.97. The quantitative estimate of drug-likeness (QED) is 0.718. The highest BCUT2D eigenvalue weighted by molar-refractivity contribution is 7.20. The van der Waals surface area contributed by atoms with E-state index in [1.807, 2.05) is 0 Å². The minimum absolute atomic E-state index is 0.141. The lowest BCUT2D eigenvalue weighted by atomic mass is 10.1. The van der Waals surface area contributed by atoms with Crippen LogP contribution in [0.15, 0.2) is 36.4 Å². The smallest absolute Gasteiger partial charge is 0.392 e. The molecular formula is C18H15F3N2O2S. The Balaban J connectivity index is 1.85. The van der Waals surface area contributed by atoms with Crippen LogP contribution in [0.5, 0.6) is 0 Å². The van der Waals surface area contributed by atoms with Crippen molar-refractivity contribution in [2.45, 2.75) is 26.3 Å². The number of nitrogens with one attached hydrogen (secondary N) is 1. The highest BCUT2D eigenvalue weighted by atomic mass is 32.1. The molecule has 1 aromatic carbocycles. The molecule has 0 bridgehead atoms. The molecule has 2 heterocycles. The zero-order valence-corrected chi connectivity index (χ0v) is 14.5. The number of hydrogen-bond acceptors (Lipinski definition) is 4. The number of aromatic nitrogens is 1. The Hall–Kier alpha value is -2.45. The molecule has 1 amide bonds. The molecule has 26 heavy (non-hydrogen) atoms. The van der Waals surface area contributed by atoms with E-state index in [0.29, 0.717) is 21.4 Å². The number of benzene rings is 1. The van der Waals surface area contributed by atoms with Gasteiger partial charge >= 0.3 is 6.18 Å². The van der Waals surface area contributed by atoms with E-state index in [4.69, 9.17) is 0 Å². The van der Waals surface area contributed by atoms with Crippen molar-refractivity contribution in [2.24, 2.45) is 0 Å². The van der Waals surface area contributed by atoms with Crippen LogP contribution in [-0.4, -0.2) is 16.0 Å². The molecule has 0 saturated carbocycles. The van der Waals surface area contributed by atoms with Crippen molar-refractivity contribution < 1.29 is 23.1 Å². The molecule has 0 radical (unpaired) electrons. The largest absolute Gasteiger partial charge is 0.433 e.